The van der Waals surface area contributed by atoms with E-state index in [0.29, 0.717) is 11.9 Å². The fourth-order valence-corrected chi connectivity index (χ4v) is 5.93. The second kappa shape index (κ2) is 10.7. The number of hydrogen-bond donors (Lipinski definition) is 3. The molecule has 10 heteroatoms. The molecule has 0 unspecified atom stereocenters. The van der Waals surface area contributed by atoms with Gasteiger partial charge in [-0.05, 0) is 30.0 Å². The molecule has 1 fully saturated rings. The second-order valence-electron chi connectivity index (χ2n) is 9.98. The van der Waals surface area contributed by atoms with Crippen molar-refractivity contribution in [1.82, 2.24) is 30.5 Å². The van der Waals surface area contributed by atoms with E-state index in [1.165, 1.54) is 4.90 Å². The number of nitrogens with zero attached hydrogens (tertiary/aromatic N) is 4. The first kappa shape index (κ1) is 25.6. The Labute approximate surface area is 220 Å². The fourth-order valence-electron chi connectivity index (χ4n) is 5.93. The number of aliphatic hydroxyl groups excluding tert-OH is 1. The largest absolute Gasteiger partial charge is 0.394 e. The van der Waals surface area contributed by atoms with Crippen LogP contribution in [0.2, 0.25) is 0 Å². The molecule has 6 atom stereocenters. The molecule has 3 N–H and O–H groups in total. The minimum Gasteiger partial charge on any atom is -0.394 e. The highest BCUT2D eigenvalue weighted by atomic mass is 16.3. The van der Waals surface area contributed by atoms with Crippen molar-refractivity contribution in [3.05, 3.63) is 72.3 Å². The first-order chi connectivity index (χ1) is 18.4. The number of nitrogens with one attached hydrogen (secondary N) is 2. The first-order valence-corrected chi connectivity index (χ1v) is 12.9. The van der Waals surface area contributed by atoms with Gasteiger partial charge in [-0.3, -0.25) is 14.4 Å². The van der Waals surface area contributed by atoms with E-state index >= 15 is 0 Å². The van der Waals surface area contributed by atoms with E-state index < -0.39 is 29.8 Å². The van der Waals surface area contributed by atoms with Crippen molar-refractivity contribution in [3.8, 4) is 0 Å². The van der Waals surface area contributed by atoms with Crippen LogP contribution in [0.4, 0.5) is 0 Å². The molecular formula is C28H32N6O4. The van der Waals surface area contributed by atoms with Crippen LogP contribution in [0.15, 0.2) is 66.7 Å². The summed E-state index contributed by atoms with van der Waals surface area (Å²) in [5, 5.41) is 24.3. The monoisotopic (exact) mass is 516 g/mol. The molecule has 0 bridgehead atoms. The Morgan fingerprint density at radius 2 is 1.79 bits per heavy atom. The summed E-state index contributed by atoms with van der Waals surface area (Å²) in [6.07, 6.45) is 4.18. The zero-order valence-electron chi connectivity index (χ0n) is 21.4. The van der Waals surface area contributed by atoms with Gasteiger partial charge < -0.3 is 20.6 Å². The summed E-state index contributed by atoms with van der Waals surface area (Å²) >= 11 is 0. The van der Waals surface area contributed by atoms with Gasteiger partial charge in [-0.1, -0.05) is 66.8 Å². The van der Waals surface area contributed by atoms with Gasteiger partial charge >= 0.3 is 0 Å². The number of rotatable bonds is 8. The van der Waals surface area contributed by atoms with Gasteiger partial charge in [-0.2, -0.15) is 0 Å². The highest BCUT2D eigenvalue weighted by molar-refractivity contribution is 5.97. The molecule has 1 aliphatic heterocycles. The Balaban J connectivity index is 1.48. The molecule has 3 amide bonds. The molecule has 0 spiro atoms. The number of likely N-dealkylation sites (tertiary alicyclic amines) is 1. The minimum absolute atomic E-state index is 0.0662. The summed E-state index contributed by atoms with van der Waals surface area (Å²) < 4.78 is 1.59. The van der Waals surface area contributed by atoms with Crippen LogP contribution in [-0.4, -0.2) is 68.5 Å². The van der Waals surface area contributed by atoms with Gasteiger partial charge in [0.25, 0.3) is 0 Å². The predicted octanol–water partition coefficient (Wildman–Crippen LogP) is 1.12. The van der Waals surface area contributed by atoms with Crippen LogP contribution >= 0.6 is 0 Å². The minimum atomic E-state index is -0.890. The molecule has 2 aromatic carbocycles. The first-order valence-electron chi connectivity index (χ1n) is 12.9. The highest BCUT2D eigenvalue weighted by Crippen LogP contribution is 2.45. The van der Waals surface area contributed by atoms with Crippen molar-refractivity contribution in [2.45, 2.75) is 32.1 Å². The molecule has 1 aliphatic carbocycles. The Morgan fingerprint density at radius 1 is 1.05 bits per heavy atom. The number of carbonyl (C=O) groups is 3. The maximum atomic E-state index is 14.0. The average molecular weight is 517 g/mol. The highest BCUT2D eigenvalue weighted by Gasteiger charge is 2.57. The second-order valence-corrected chi connectivity index (χ2v) is 9.98. The fraction of sp³-hybridized carbons (Fsp3) is 0.393. The topological polar surface area (TPSA) is 129 Å². The molecule has 0 saturated carbocycles. The Hall–Kier alpha value is -4.05. The third-order valence-corrected chi connectivity index (χ3v) is 7.77. The number of benzene rings is 2. The number of aliphatic hydroxyl groups is 1. The number of para-hydroxylation sites is 1. The van der Waals surface area contributed by atoms with Crippen LogP contribution in [0.5, 0.6) is 0 Å². The lowest BCUT2D eigenvalue weighted by Crippen LogP contribution is -2.53. The van der Waals surface area contributed by atoms with Crippen LogP contribution in [0.3, 0.4) is 0 Å². The lowest BCUT2D eigenvalue weighted by molar-refractivity contribution is -0.143. The Kier molecular flexibility index (Phi) is 7.24. The molecule has 10 nitrogen and oxygen atoms in total. The van der Waals surface area contributed by atoms with Gasteiger partial charge in [-0.25, -0.2) is 4.68 Å². The Bertz CT molecular complexity index is 1360. The smallest absolute Gasteiger partial charge is 0.244 e. The van der Waals surface area contributed by atoms with E-state index in [1.807, 2.05) is 73.7 Å². The molecule has 1 aromatic heterocycles. The van der Waals surface area contributed by atoms with Crippen LogP contribution in [0.25, 0.3) is 11.0 Å². The van der Waals surface area contributed by atoms with Crippen molar-refractivity contribution >= 4 is 28.8 Å². The maximum Gasteiger partial charge on any atom is 0.244 e. The van der Waals surface area contributed by atoms with Crippen LogP contribution in [-0.2, 0) is 27.5 Å². The van der Waals surface area contributed by atoms with Gasteiger partial charge in [0, 0.05) is 13.0 Å². The Morgan fingerprint density at radius 3 is 2.53 bits per heavy atom. The van der Waals surface area contributed by atoms with Crippen molar-refractivity contribution < 1.29 is 19.5 Å². The molecule has 2 heterocycles. The van der Waals surface area contributed by atoms with Crippen LogP contribution in [0, 0.1) is 23.7 Å². The summed E-state index contributed by atoms with van der Waals surface area (Å²) in [5.41, 5.74) is 2.42. The third-order valence-electron chi connectivity index (χ3n) is 7.77. The van der Waals surface area contributed by atoms with E-state index in [2.05, 4.69) is 20.9 Å². The third kappa shape index (κ3) is 4.56. The number of carbonyl (C=O) groups excluding carboxylic acids is 3. The van der Waals surface area contributed by atoms with Crippen LogP contribution in [0.1, 0.15) is 12.5 Å². The molecule has 3 aromatic rings. The predicted molar refractivity (Wildman–Crippen MR) is 140 cm³/mol. The number of allylic oxidation sites excluding steroid dienone is 1. The van der Waals surface area contributed by atoms with Crippen molar-refractivity contribution in [1.29, 1.82) is 0 Å². The summed E-state index contributed by atoms with van der Waals surface area (Å²) in [7, 11) is 1.55. The lowest BCUT2D eigenvalue weighted by atomic mass is 9.70. The van der Waals surface area contributed by atoms with Crippen LogP contribution < -0.4 is 10.6 Å². The number of hydrogen-bond acceptors (Lipinski definition) is 6. The van der Waals surface area contributed by atoms with Crippen molar-refractivity contribution in [2.24, 2.45) is 23.7 Å². The maximum absolute atomic E-state index is 14.0. The van der Waals surface area contributed by atoms with Gasteiger partial charge in [-0.15, -0.1) is 5.10 Å². The lowest BCUT2D eigenvalue weighted by Gasteiger charge is -2.33. The summed E-state index contributed by atoms with van der Waals surface area (Å²) in [5.74, 6) is -2.90. The number of fused-ring (bicyclic) bond motifs is 2. The SMILES string of the molecule is CNC(=O)[C@H]1[C@H]2C(=O)N([C@@H](CO)Cc3ccccc3)[C@H](C(=O)NCn3nnc4ccccc43)[C@H]2C=C[C@H]1C. The molecule has 1 saturated heterocycles. The standard InChI is InChI=1S/C28H32N6O4/c1-17-12-13-20-24(23(17)26(36)29-2)28(38)34(19(15-35)14-18-8-4-3-5-9-18)25(20)27(37)30-16-33-22-11-7-6-10-21(22)31-32-33/h3-13,17,19-20,23-25,35H,14-16H2,1-2H3,(H,29,36)(H,30,37)/t17-,19-,20+,23-,24+,25+/m1/s1. The van der Waals surface area contributed by atoms with Crippen molar-refractivity contribution in [3.63, 3.8) is 0 Å². The zero-order valence-corrected chi connectivity index (χ0v) is 21.4. The molecule has 2 aliphatic rings. The van der Waals surface area contributed by atoms with Gasteiger partial charge in [0.2, 0.25) is 17.7 Å². The van der Waals surface area contributed by atoms with Gasteiger partial charge in [0.05, 0.1) is 30.0 Å². The molecule has 198 valence electrons. The number of amides is 3. The van der Waals surface area contributed by atoms with E-state index in [9.17, 15) is 19.5 Å². The molecular weight excluding hydrogens is 484 g/mol. The normalized spacial score (nSPS) is 25.3. The summed E-state index contributed by atoms with van der Waals surface area (Å²) in [6.45, 7) is 1.65. The molecule has 0 radical (unpaired) electrons. The molecule has 5 rings (SSSR count). The van der Waals surface area contributed by atoms with E-state index in [0.717, 1.165) is 11.1 Å². The molecule has 38 heavy (non-hydrogen) atoms. The van der Waals surface area contributed by atoms with Gasteiger partial charge in [0.1, 0.15) is 18.2 Å². The summed E-state index contributed by atoms with van der Waals surface area (Å²) in [4.78, 5) is 42.2. The number of aromatic nitrogens is 3. The van der Waals surface area contributed by atoms with E-state index in [4.69, 9.17) is 0 Å². The van der Waals surface area contributed by atoms with Crippen molar-refractivity contribution in [2.75, 3.05) is 13.7 Å². The van der Waals surface area contributed by atoms with E-state index in [1.54, 1.807) is 11.7 Å². The quantitative estimate of drug-likeness (QED) is 0.385. The summed E-state index contributed by atoms with van der Waals surface area (Å²) in [6, 6.07) is 15.5. The van der Waals surface area contributed by atoms with Gasteiger partial charge in [0.15, 0.2) is 0 Å². The van der Waals surface area contributed by atoms with E-state index in [-0.39, 0.29) is 36.9 Å². The zero-order chi connectivity index (χ0) is 26.8. The average Bonchev–Trinajstić information content (AvgIpc) is 3.49.